The van der Waals surface area contributed by atoms with E-state index in [4.69, 9.17) is 17.3 Å². The summed E-state index contributed by atoms with van der Waals surface area (Å²) in [7, 11) is 0. The molecule has 2 rings (SSSR count). The van der Waals surface area contributed by atoms with Crippen LogP contribution in [0.4, 0.5) is 10.2 Å². The van der Waals surface area contributed by atoms with Gasteiger partial charge in [0.2, 0.25) is 5.78 Å². The summed E-state index contributed by atoms with van der Waals surface area (Å²) in [5.41, 5.74) is 6.33. The van der Waals surface area contributed by atoms with Crippen LogP contribution in [0.25, 0.3) is 0 Å². The van der Waals surface area contributed by atoms with Gasteiger partial charge in [-0.05, 0) is 23.8 Å². The van der Waals surface area contributed by atoms with Gasteiger partial charge in [-0.3, -0.25) is 4.79 Å². The smallest absolute Gasteiger partial charge is 0.209 e. The van der Waals surface area contributed by atoms with Crippen LogP contribution in [0.1, 0.15) is 16.1 Å². The summed E-state index contributed by atoms with van der Waals surface area (Å²) < 4.78 is 12.9. The maximum absolute atomic E-state index is 12.9. The number of nitrogens with zero attached hydrogens (tertiary/aromatic N) is 2. The quantitative estimate of drug-likeness (QED) is 0.457. The zero-order chi connectivity index (χ0) is 17.4. The molecule has 5 nitrogen and oxygen atoms in total. The Morgan fingerprint density at radius 2 is 1.96 bits per heavy atom. The number of allylic oxidation sites excluding steroid dienone is 3. The van der Waals surface area contributed by atoms with Crippen molar-refractivity contribution in [1.29, 1.82) is 0 Å². The van der Waals surface area contributed by atoms with Gasteiger partial charge in [-0.15, -0.1) is 0 Å². The highest BCUT2D eigenvalue weighted by Crippen LogP contribution is 2.14. The van der Waals surface area contributed by atoms with E-state index in [9.17, 15) is 9.18 Å². The number of benzene rings is 1. The van der Waals surface area contributed by atoms with Crippen LogP contribution < -0.4 is 11.1 Å². The van der Waals surface area contributed by atoms with Crippen molar-refractivity contribution in [2.45, 2.75) is 6.54 Å². The molecule has 0 saturated carbocycles. The van der Waals surface area contributed by atoms with Gasteiger partial charge < -0.3 is 11.1 Å². The average Bonchev–Trinajstić information content (AvgIpc) is 2.59. The maximum atomic E-state index is 12.9. The Labute approximate surface area is 144 Å². The lowest BCUT2D eigenvalue weighted by atomic mass is 10.2. The van der Waals surface area contributed by atoms with Crippen LogP contribution >= 0.6 is 11.6 Å². The molecule has 124 valence electrons. The van der Waals surface area contributed by atoms with E-state index in [1.807, 2.05) is 0 Å². The van der Waals surface area contributed by atoms with Crippen molar-refractivity contribution in [2.75, 3.05) is 11.9 Å². The number of hydrogen-bond donors (Lipinski definition) is 2. The third-order valence-corrected chi connectivity index (χ3v) is 3.22. The second-order valence-electron chi connectivity index (χ2n) is 4.77. The topological polar surface area (TPSA) is 80.9 Å². The minimum Gasteiger partial charge on any atom is -0.364 e. The minimum atomic E-state index is -0.378. The fourth-order valence-electron chi connectivity index (χ4n) is 1.86. The zero-order valence-electron chi connectivity index (χ0n) is 12.7. The molecule has 24 heavy (non-hydrogen) atoms. The van der Waals surface area contributed by atoms with Gasteiger partial charge in [0, 0.05) is 36.6 Å². The predicted octanol–water partition coefficient (Wildman–Crippen LogP) is 3.05. The molecule has 0 saturated heterocycles. The van der Waals surface area contributed by atoms with Gasteiger partial charge in [-0.2, -0.15) is 0 Å². The molecule has 7 heteroatoms. The molecular weight excluding hydrogens is 331 g/mol. The van der Waals surface area contributed by atoms with Crippen molar-refractivity contribution < 1.29 is 9.18 Å². The Bertz CT molecular complexity index is 759. The highest BCUT2D eigenvalue weighted by molar-refractivity contribution is 6.33. The fourth-order valence-corrected chi connectivity index (χ4v) is 2.05. The van der Waals surface area contributed by atoms with Gasteiger partial charge in [0.1, 0.15) is 5.82 Å². The van der Waals surface area contributed by atoms with Crippen LogP contribution in [0.3, 0.4) is 0 Å². The second kappa shape index (κ2) is 8.90. The van der Waals surface area contributed by atoms with Crippen molar-refractivity contribution in [3.8, 4) is 0 Å². The van der Waals surface area contributed by atoms with E-state index in [1.54, 1.807) is 24.3 Å². The first-order valence-electron chi connectivity index (χ1n) is 7.17. The molecule has 0 amide bonds. The number of hydrogen-bond acceptors (Lipinski definition) is 5. The minimum absolute atomic E-state index is 0.152. The summed E-state index contributed by atoms with van der Waals surface area (Å²) in [4.78, 5) is 20.5. The standard InChI is InChI=1S/C17H16ClFN4O/c18-13(2-1-7-20)10-15(24)16-17(22-9-8-21-16)23-11-12-3-5-14(19)6-4-12/h1-6,8-10H,7,11,20H2,(H,22,23)/b2-1-,13-10?. The number of aromatic nitrogens is 2. The van der Waals surface area contributed by atoms with E-state index in [2.05, 4.69) is 15.3 Å². The van der Waals surface area contributed by atoms with Gasteiger partial charge in [0.25, 0.3) is 0 Å². The van der Waals surface area contributed by atoms with Crippen LogP contribution in [0.2, 0.25) is 0 Å². The van der Waals surface area contributed by atoms with Crippen LogP contribution in [-0.2, 0) is 6.54 Å². The first-order chi connectivity index (χ1) is 11.6. The average molecular weight is 347 g/mol. The van der Waals surface area contributed by atoms with Crippen molar-refractivity contribution in [3.63, 3.8) is 0 Å². The van der Waals surface area contributed by atoms with Crippen LogP contribution in [-0.4, -0.2) is 22.3 Å². The molecule has 0 unspecified atom stereocenters. The molecule has 0 spiro atoms. The summed E-state index contributed by atoms with van der Waals surface area (Å²) in [5, 5.41) is 3.27. The summed E-state index contributed by atoms with van der Waals surface area (Å²) in [6, 6.07) is 6.03. The van der Waals surface area contributed by atoms with Gasteiger partial charge >= 0.3 is 0 Å². The molecule has 1 heterocycles. The lowest BCUT2D eigenvalue weighted by molar-refractivity contribution is 0.104. The number of nitrogens with one attached hydrogen (secondary N) is 1. The van der Waals surface area contributed by atoms with E-state index in [0.717, 1.165) is 5.56 Å². The van der Waals surface area contributed by atoms with Crippen molar-refractivity contribution in [1.82, 2.24) is 9.97 Å². The molecule has 0 aliphatic heterocycles. The Balaban J connectivity index is 2.13. The highest BCUT2D eigenvalue weighted by Gasteiger charge is 2.12. The summed E-state index contributed by atoms with van der Waals surface area (Å²) in [6.45, 7) is 0.706. The van der Waals surface area contributed by atoms with E-state index in [-0.39, 0.29) is 22.3 Å². The largest absolute Gasteiger partial charge is 0.364 e. The van der Waals surface area contributed by atoms with Gasteiger partial charge in [-0.25, -0.2) is 14.4 Å². The first kappa shape index (κ1) is 17.8. The molecule has 3 N–H and O–H groups in total. The zero-order valence-corrected chi connectivity index (χ0v) is 13.5. The summed E-state index contributed by atoms with van der Waals surface area (Å²) >= 11 is 5.94. The lowest BCUT2D eigenvalue weighted by Crippen LogP contribution is -2.09. The Kier molecular flexibility index (Phi) is 6.60. The highest BCUT2D eigenvalue weighted by atomic mass is 35.5. The van der Waals surface area contributed by atoms with Crippen LogP contribution in [0.5, 0.6) is 0 Å². The SMILES string of the molecule is NC/C=C\C(Cl)=CC(=O)c1nccnc1NCc1ccc(F)cc1. The Morgan fingerprint density at radius 3 is 2.67 bits per heavy atom. The van der Waals surface area contributed by atoms with Crippen LogP contribution in [0, 0.1) is 5.82 Å². The molecule has 0 aliphatic rings. The molecule has 0 aliphatic carbocycles. The Morgan fingerprint density at radius 1 is 1.25 bits per heavy atom. The number of carbonyl (C=O) groups excluding carboxylic acids is 1. The van der Waals surface area contributed by atoms with Gasteiger partial charge in [-0.1, -0.05) is 29.8 Å². The predicted molar refractivity (Wildman–Crippen MR) is 92.2 cm³/mol. The van der Waals surface area contributed by atoms with Gasteiger partial charge in [0.15, 0.2) is 11.5 Å². The van der Waals surface area contributed by atoms with E-state index in [0.29, 0.717) is 18.9 Å². The molecule has 0 fully saturated rings. The molecule has 0 atom stereocenters. The fraction of sp³-hybridized carbons (Fsp3) is 0.118. The number of rotatable bonds is 7. The van der Waals surface area contributed by atoms with Crippen molar-refractivity contribution in [3.05, 3.63) is 77.0 Å². The van der Waals surface area contributed by atoms with E-state index >= 15 is 0 Å². The molecule has 0 radical (unpaired) electrons. The number of nitrogens with two attached hydrogens (primary N) is 1. The third kappa shape index (κ3) is 5.26. The molecule has 2 aromatic rings. The first-order valence-corrected chi connectivity index (χ1v) is 7.55. The monoisotopic (exact) mass is 346 g/mol. The maximum Gasteiger partial charge on any atom is 0.209 e. The number of ketones is 1. The molecule has 0 bridgehead atoms. The summed E-state index contributed by atoms with van der Waals surface area (Å²) in [6.07, 6.45) is 7.33. The number of anilines is 1. The number of halogens is 2. The van der Waals surface area contributed by atoms with Crippen molar-refractivity contribution >= 4 is 23.2 Å². The van der Waals surface area contributed by atoms with E-state index < -0.39 is 0 Å². The lowest BCUT2D eigenvalue weighted by Gasteiger charge is -2.08. The van der Waals surface area contributed by atoms with Gasteiger partial charge in [0.05, 0.1) is 0 Å². The molecule has 1 aromatic heterocycles. The van der Waals surface area contributed by atoms with E-state index in [1.165, 1.54) is 30.6 Å². The number of carbonyl (C=O) groups is 1. The third-order valence-electron chi connectivity index (χ3n) is 2.99. The molecular formula is C17H16ClFN4O. The summed E-state index contributed by atoms with van der Waals surface area (Å²) in [5.74, 6) is -0.355. The Hall–Kier alpha value is -2.57. The van der Waals surface area contributed by atoms with Crippen LogP contribution in [0.15, 0.2) is 59.9 Å². The normalized spacial score (nSPS) is 11.7. The second-order valence-corrected chi connectivity index (χ2v) is 5.20. The van der Waals surface area contributed by atoms with Crippen molar-refractivity contribution in [2.24, 2.45) is 5.73 Å². The molecule has 1 aromatic carbocycles.